The van der Waals surface area contributed by atoms with Crippen LogP contribution in [0.5, 0.6) is 0 Å². The third-order valence-electron chi connectivity index (χ3n) is 3.16. The number of halogens is 1. The summed E-state index contributed by atoms with van der Waals surface area (Å²) < 4.78 is 13.6. The Kier molecular flexibility index (Phi) is 4.52. The number of hydrogen-bond acceptors (Lipinski definition) is 3. The zero-order valence-corrected chi connectivity index (χ0v) is 12.3. The number of hydrogen-bond donors (Lipinski definition) is 2. The van der Waals surface area contributed by atoms with Gasteiger partial charge in [-0.25, -0.2) is 4.39 Å². The highest BCUT2D eigenvalue weighted by Crippen LogP contribution is 2.20. The van der Waals surface area contributed by atoms with E-state index in [0.29, 0.717) is 24.2 Å². The number of thiophene rings is 1. The van der Waals surface area contributed by atoms with Gasteiger partial charge in [-0.1, -0.05) is 0 Å². The molecule has 0 unspecified atom stereocenters. The van der Waals surface area contributed by atoms with Gasteiger partial charge in [-0.15, -0.1) is 11.3 Å². The van der Waals surface area contributed by atoms with Crippen molar-refractivity contribution in [3.8, 4) is 0 Å². The highest BCUT2D eigenvalue weighted by atomic mass is 32.1. The Labute approximate surface area is 121 Å². The van der Waals surface area contributed by atoms with Crippen molar-refractivity contribution in [1.29, 1.82) is 0 Å². The zero-order chi connectivity index (χ0) is 14.7. The van der Waals surface area contributed by atoms with Gasteiger partial charge in [0.15, 0.2) is 0 Å². The van der Waals surface area contributed by atoms with Gasteiger partial charge >= 0.3 is 0 Å². The summed E-state index contributed by atoms with van der Waals surface area (Å²) in [5.41, 5.74) is 7.24. The van der Waals surface area contributed by atoms with Crippen LogP contribution in [0.25, 0.3) is 0 Å². The first kappa shape index (κ1) is 14.7. The van der Waals surface area contributed by atoms with E-state index in [-0.39, 0.29) is 5.82 Å². The van der Waals surface area contributed by atoms with Crippen LogP contribution in [0, 0.1) is 19.7 Å². The fourth-order valence-electron chi connectivity index (χ4n) is 1.92. The van der Waals surface area contributed by atoms with E-state index in [1.165, 1.54) is 33.5 Å². The van der Waals surface area contributed by atoms with Crippen LogP contribution in [0.1, 0.15) is 31.2 Å². The number of amides is 1. The highest BCUT2D eigenvalue weighted by Gasteiger charge is 2.07. The number of nitrogens with one attached hydrogen (secondary N) is 1. The van der Waals surface area contributed by atoms with Gasteiger partial charge in [0.05, 0.1) is 0 Å². The summed E-state index contributed by atoms with van der Waals surface area (Å²) in [4.78, 5) is 13.6. The van der Waals surface area contributed by atoms with Gasteiger partial charge in [-0.2, -0.15) is 0 Å². The van der Waals surface area contributed by atoms with Gasteiger partial charge < -0.3 is 11.1 Å². The molecule has 0 spiro atoms. The lowest BCUT2D eigenvalue weighted by Gasteiger charge is -2.06. The van der Waals surface area contributed by atoms with E-state index in [1.54, 1.807) is 11.3 Å². The predicted octanol–water partition coefficient (Wildman–Crippen LogP) is 2.89. The number of nitrogens with two attached hydrogens (primary N) is 1. The maximum Gasteiger partial charge on any atom is 0.248 e. The molecule has 2 rings (SSSR count). The molecule has 3 nitrogen and oxygen atoms in total. The van der Waals surface area contributed by atoms with Crippen molar-refractivity contribution in [2.24, 2.45) is 5.73 Å². The molecule has 3 N–H and O–H groups in total. The molecular weight excluding hydrogens is 275 g/mol. The van der Waals surface area contributed by atoms with Crippen LogP contribution in [-0.2, 0) is 13.1 Å². The van der Waals surface area contributed by atoms with Crippen LogP contribution in [0.4, 0.5) is 4.39 Å². The Bertz CT molecular complexity index is 617. The molecule has 1 amide bonds. The fourth-order valence-corrected chi connectivity index (χ4v) is 2.94. The van der Waals surface area contributed by atoms with Crippen LogP contribution < -0.4 is 11.1 Å². The first-order valence-electron chi connectivity index (χ1n) is 6.32. The van der Waals surface area contributed by atoms with Crippen molar-refractivity contribution < 1.29 is 9.18 Å². The number of carbonyl (C=O) groups is 1. The van der Waals surface area contributed by atoms with Gasteiger partial charge in [-0.05, 0) is 43.7 Å². The Morgan fingerprint density at radius 2 is 2.05 bits per heavy atom. The summed E-state index contributed by atoms with van der Waals surface area (Å²) in [7, 11) is 0. The van der Waals surface area contributed by atoms with Gasteiger partial charge in [-0.3, -0.25) is 4.79 Å². The Balaban J connectivity index is 2.00. The van der Waals surface area contributed by atoms with Crippen molar-refractivity contribution in [1.82, 2.24) is 5.32 Å². The first-order valence-corrected chi connectivity index (χ1v) is 7.14. The Hall–Kier alpha value is -1.72. The Morgan fingerprint density at radius 3 is 2.65 bits per heavy atom. The summed E-state index contributed by atoms with van der Waals surface area (Å²) >= 11 is 1.73. The largest absolute Gasteiger partial charge is 0.366 e. The monoisotopic (exact) mass is 292 g/mol. The SMILES string of the molecule is Cc1cc(CNCc2cc(C(N)=O)ccc2F)sc1C. The second-order valence-electron chi connectivity index (χ2n) is 4.73. The summed E-state index contributed by atoms with van der Waals surface area (Å²) in [5, 5.41) is 3.18. The average Bonchev–Trinajstić information content (AvgIpc) is 2.70. The molecule has 106 valence electrons. The standard InChI is InChI=1S/C15H17FN2OS/c1-9-5-13(20-10(9)2)8-18-7-12-6-11(15(17)19)3-4-14(12)16/h3-6,18H,7-8H2,1-2H3,(H2,17,19). The molecule has 0 aliphatic heterocycles. The number of aryl methyl sites for hydroxylation is 2. The van der Waals surface area contributed by atoms with Crippen molar-refractivity contribution >= 4 is 17.2 Å². The third kappa shape index (κ3) is 3.43. The maximum atomic E-state index is 13.6. The van der Waals surface area contributed by atoms with Crippen molar-refractivity contribution in [2.75, 3.05) is 0 Å². The lowest BCUT2D eigenvalue weighted by Crippen LogP contribution is -2.15. The van der Waals surface area contributed by atoms with E-state index >= 15 is 0 Å². The zero-order valence-electron chi connectivity index (χ0n) is 11.5. The van der Waals surface area contributed by atoms with Crippen molar-refractivity contribution in [3.05, 3.63) is 56.5 Å². The van der Waals surface area contributed by atoms with Crippen LogP contribution in [0.3, 0.4) is 0 Å². The minimum atomic E-state index is -0.546. The smallest absolute Gasteiger partial charge is 0.248 e. The molecule has 0 saturated heterocycles. The van der Waals surface area contributed by atoms with Crippen molar-refractivity contribution in [3.63, 3.8) is 0 Å². The second kappa shape index (κ2) is 6.15. The number of benzene rings is 1. The number of rotatable bonds is 5. The third-order valence-corrected chi connectivity index (χ3v) is 4.31. The van der Waals surface area contributed by atoms with E-state index in [4.69, 9.17) is 5.73 Å². The molecule has 0 bridgehead atoms. The molecule has 1 heterocycles. The van der Waals surface area contributed by atoms with Gasteiger partial charge in [0.1, 0.15) is 5.82 Å². The van der Waals surface area contributed by atoms with Crippen molar-refractivity contribution in [2.45, 2.75) is 26.9 Å². The first-order chi connectivity index (χ1) is 9.47. The summed E-state index contributed by atoms with van der Waals surface area (Å²) in [6.07, 6.45) is 0. The van der Waals surface area contributed by atoms with Gasteiger partial charge in [0, 0.05) is 34.0 Å². The lowest BCUT2D eigenvalue weighted by molar-refractivity contribution is 0.1000. The van der Waals surface area contributed by atoms with E-state index in [0.717, 1.165) is 0 Å². The normalized spacial score (nSPS) is 10.8. The molecule has 1 aromatic carbocycles. The molecule has 0 aliphatic carbocycles. The van der Waals surface area contributed by atoms with Crippen LogP contribution in [0.15, 0.2) is 24.3 Å². The molecule has 0 fully saturated rings. The topological polar surface area (TPSA) is 55.1 Å². The summed E-state index contributed by atoms with van der Waals surface area (Å²) in [6.45, 7) is 5.20. The molecule has 0 radical (unpaired) electrons. The van der Waals surface area contributed by atoms with E-state index in [2.05, 4.69) is 25.2 Å². The minimum Gasteiger partial charge on any atom is -0.366 e. The lowest BCUT2D eigenvalue weighted by atomic mass is 10.1. The van der Waals surface area contributed by atoms with Gasteiger partial charge in [0.2, 0.25) is 5.91 Å². The van der Waals surface area contributed by atoms with E-state index < -0.39 is 5.91 Å². The molecule has 20 heavy (non-hydrogen) atoms. The Morgan fingerprint density at radius 1 is 1.30 bits per heavy atom. The highest BCUT2D eigenvalue weighted by molar-refractivity contribution is 7.12. The number of primary amides is 1. The average molecular weight is 292 g/mol. The minimum absolute atomic E-state index is 0.325. The van der Waals surface area contributed by atoms with Crippen LogP contribution in [0.2, 0.25) is 0 Å². The molecule has 2 aromatic rings. The van der Waals surface area contributed by atoms with Crippen LogP contribution in [-0.4, -0.2) is 5.91 Å². The van der Waals surface area contributed by atoms with Crippen LogP contribution >= 0.6 is 11.3 Å². The molecular formula is C15H17FN2OS. The molecule has 0 saturated carbocycles. The number of carbonyl (C=O) groups excluding carboxylic acids is 1. The quantitative estimate of drug-likeness (QED) is 0.890. The second-order valence-corrected chi connectivity index (χ2v) is 6.07. The molecule has 5 heteroatoms. The summed E-state index contributed by atoms with van der Waals surface area (Å²) in [5.74, 6) is -0.878. The van der Waals surface area contributed by atoms with Gasteiger partial charge in [0.25, 0.3) is 0 Å². The maximum absolute atomic E-state index is 13.6. The molecule has 1 aromatic heterocycles. The fraction of sp³-hybridized carbons (Fsp3) is 0.267. The van der Waals surface area contributed by atoms with E-state index in [1.807, 2.05) is 0 Å². The predicted molar refractivity (Wildman–Crippen MR) is 79.3 cm³/mol. The molecule has 0 aliphatic rings. The molecule has 0 atom stereocenters. The summed E-state index contributed by atoms with van der Waals surface area (Å²) in [6, 6.07) is 6.29. The van der Waals surface area contributed by atoms with E-state index in [9.17, 15) is 9.18 Å².